The second kappa shape index (κ2) is 6.19. The molecule has 1 heterocycles. The number of rotatable bonds is 6. The Labute approximate surface area is 101 Å². The van der Waals surface area contributed by atoms with E-state index in [-0.39, 0.29) is 24.6 Å². The van der Waals surface area contributed by atoms with Gasteiger partial charge in [0.2, 0.25) is 11.9 Å². The molecule has 0 radical (unpaired) electrons. The lowest BCUT2D eigenvalue weighted by atomic mass is 10.3. The molecule has 96 valence electrons. The first kappa shape index (κ1) is 13.4. The number of aliphatic hydroxyl groups excluding tert-OH is 1. The third kappa shape index (κ3) is 3.70. The molecule has 0 amide bonds. The molecule has 0 saturated carbocycles. The molecule has 0 fully saturated rings. The van der Waals surface area contributed by atoms with Crippen LogP contribution in [0.15, 0.2) is 0 Å². The van der Waals surface area contributed by atoms with Crippen LogP contribution in [-0.2, 0) is 0 Å². The largest absolute Gasteiger partial charge is 0.464 e. The Morgan fingerprint density at radius 2 is 2.06 bits per heavy atom. The van der Waals surface area contributed by atoms with E-state index in [4.69, 9.17) is 15.6 Å². The molecule has 7 nitrogen and oxygen atoms in total. The highest BCUT2D eigenvalue weighted by atomic mass is 16.5. The number of hydrogen-bond donors (Lipinski definition) is 2. The summed E-state index contributed by atoms with van der Waals surface area (Å²) in [6, 6.07) is 0.358. The first-order chi connectivity index (χ1) is 8.08. The lowest BCUT2D eigenvalue weighted by Gasteiger charge is -2.25. The van der Waals surface area contributed by atoms with Gasteiger partial charge in [-0.25, -0.2) is 0 Å². The van der Waals surface area contributed by atoms with Gasteiger partial charge in [-0.2, -0.15) is 15.0 Å². The highest BCUT2D eigenvalue weighted by Gasteiger charge is 2.15. The molecule has 0 aliphatic heterocycles. The quantitative estimate of drug-likeness (QED) is 0.726. The Bertz CT molecular complexity index is 359. The minimum atomic E-state index is 0.0216. The minimum absolute atomic E-state index is 0.0216. The first-order valence-electron chi connectivity index (χ1n) is 5.60. The fourth-order valence-corrected chi connectivity index (χ4v) is 1.38. The van der Waals surface area contributed by atoms with Crippen molar-refractivity contribution < 1.29 is 9.84 Å². The fraction of sp³-hybridized carbons (Fsp3) is 0.700. The van der Waals surface area contributed by atoms with Crippen molar-refractivity contribution in [1.82, 2.24) is 15.0 Å². The predicted molar refractivity (Wildman–Crippen MR) is 65.0 cm³/mol. The molecule has 0 bridgehead atoms. The van der Waals surface area contributed by atoms with E-state index in [2.05, 4.69) is 15.0 Å². The molecule has 1 rings (SSSR count). The first-order valence-corrected chi connectivity index (χ1v) is 5.60. The van der Waals surface area contributed by atoms with Crippen molar-refractivity contribution in [3.8, 4) is 6.01 Å². The number of ether oxygens (including phenoxy) is 1. The predicted octanol–water partition coefficient (Wildman–Crippen LogP) is 0.0596. The number of anilines is 2. The van der Waals surface area contributed by atoms with Gasteiger partial charge in [0, 0.05) is 12.6 Å². The third-order valence-electron chi connectivity index (χ3n) is 2.11. The van der Waals surface area contributed by atoms with E-state index in [0.717, 1.165) is 0 Å². The van der Waals surface area contributed by atoms with E-state index >= 15 is 0 Å². The van der Waals surface area contributed by atoms with E-state index in [0.29, 0.717) is 19.1 Å². The number of nitrogen functional groups attached to an aromatic ring is 1. The number of nitrogens with zero attached hydrogens (tertiary/aromatic N) is 4. The average molecular weight is 241 g/mol. The Balaban J connectivity index is 3.00. The van der Waals surface area contributed by atoms with Crippen LogP contribution in [0.5, 0.6) is 6.01 Å². The van der Waals surface area contributed by atoms with Crippen molar-refractivity contribution >= 4 is 11.9 Å². The molecule has 0 aliphatic rings. The molecule has 0 atom stereocenters. The van der Waals surface area contributed by atoms with Crippen LogP contribution >= 0.6 is 0 Å². The van der Waals surface area contributed by atoms with Crippen molar-refractivity contribution in [2.24, 2.45) is 0 Å². The summed E-state index contributed by atoms with van der Waals surface area (Å²) in [5, 5.41) is 9.01. The molecule has 0 aromatic carbocycles. The smallest absolute Gasteiger partial charge is 0.323 e. The minimum Gasteiger partial charge on any atom is -0.464 e. The maximum absolute atomic E-state index is 9.01. The van der Waals surface area contributed by atoms with E-state index in [9.17, 15) is 0 Å². The van der Waals surface area contributed by atoms with Crippen LogP contribution in [0, 0.1) is 0 Å². The zero-order valence-electron chi connectivity index (χ0n) is 10.4. The van der Waals surface area contributed by atoms with Gasteiger partial charge in [0.1, 0.15) is 0 Å². The van der Waals surface area contributed by atoms with Crippen LogP contribution in [0.2, 0.25) is 0 Å². The van der Waals surface area contributed by atoms with Gasteiger partial charge in [-0.3, -0.25) is 0 Å². The van der Waals surface area contributed by atoms with Gasteiger partial charge in [0.05, 0.1) is 13.2 Å². The standard InChI is InChI=1S/C10H19N5O2/c1-4-17-10-13-8(11)12-9(14-10)15(5-6-16)7(2)3/h7,16H,4-6H2,1-3H3,(H2,11,12,13,14). The highest BCUT2D eigenvalue weighted by Crippen LogP contribution is 2.15. The maximum Gasteiger partial charge on any atom is 0.323 e. The van der Waals surface area contributed by atoms with Crippen molar-refractivity contribution in [2.75, 3.05) is 30.4 Å². The van der Waals surface area contributed by atoms with E-state index in [1.165, 1.54) is 0 Å². The Morgan fingerprint density at radius 1 is 1.35 bits per heavy atom. The average Bonchev–Trinajstić information content (AvgIpc) is 2.25. The number of aliphatic hydroxyl groups is 1. The topological polar surface area (TPSA) is 97.4 Å². The molecule has 1 aromatic heterocycles. The summed E-state index contributed by atoms with van der Waals surface area (Å²) in [6.07, 6.45) is 0. The molecule has 1 aromatic rings. The van der Waals surface area contributed by atoms with E-state index in [1.54, 1.807) is 0 Å². The molecule has 3 N–H and O–H groups in total. The Hall–Kier alpha value is -1.63. The fourth-order valence-electron chi connectivity index (χ4n) is 1.38. The van der Waals surface area contributed by atoms with E-state index in [1.807, 2.05) is 25.7 Å². The summed E-state index contributed by atoms with van der Waals surface area (Å²) in [5.41, 5.74) is 5.59. The summed E-state index contributed by atoms with van der Waals surface area (Å²) in [5.74, 6) is 0.534. The van der Waals surface area contributed by atoms with Gasteiger partial charge in [-0.05, 0) is 20.8 Å². The van der Waals surface area contributed by atoms with Gasteiger partial charge in [0.15, 0.2) is 0 Å². The van der Waals surface area contributed by atoms with Crippen LogP contribution in [0.25, 0.3) is 0 Å². The lowest BCUT2D eigenvalue weighted by Crippen LogP contribution is -2.35. The summed E-state index contributed by atoms with van der Waals surface area (Å²) in [6.45, 7) is 6.73. The van der Waals surface area contributed by atoms with Crippen molar-refractivity contribution in [2.45, 2.75) is 26.8 Å². The monoisotopic (exact) mass is 241 g/mol. The van der Waals surface area contributed by atoms with Gasteiger partial charge >= 0.3 is 6.01 Å². The molecule has 7 heteroatoms. The summed E-state index contributed by atoms with van der Waals surface area (Å²) < 4.78 is 5.20. The van der Waals surface area contributed by atoms with Crippen molar-refractivity contribution in [1.29, 1.82) is 0 Å². The van der Waals surface area contributed by atoms with Gasteiger partial charge < -0.3 is 20.5 Å². The number of nitrogens with two attached hydrogens (primary N) is 1. The van der Waals surface area contributed by atoms with E-state index < -0.39 is 0 Å². The van der Waals surface area contributed by atoms with Crippen LogP contribution in [0.4, 0.5) is 11.9 Å². The Kier molecular flexibility index (Phi) is 4.89. The molecule has 0 spiro atoms. The number of hydrogen-bond acceptors (Lipinski definition) is 7. The normalized spacial score (nSPS) is 10.6. The molecule has 0 unspecified atom stereocenters. The van der Waals surface area contributed by atoms with Crippen LogP contribution in [-0.4, -0.2) is 45.9 Å². The van der Waals surface area contributed by atoms with Crippen LogP contribution in [0.3, 0.4) is 0 Å². The zero-order valence-corrected chi connectivity index (χ0v) is 10.4. The molecular formula is C10H19N5O2. The van der Waals surface area contributed by atoms with Crippen molar-refractivity contribution in [3.63, 3.8) is 0 Å². The molecule has 0 saturated heterocycles. The highest BCUT2D eigenvalue weighted by molar-refractivity contribution is 5.36. The second-order valence-corrected chi connectivity index (χ2v) is 3.72. The summed E-state index contributed by atoms with van der Waals surface area (Å²) in [7, 11) is 0. The van der Waals surface area contributed by atoms with Gasteiger partial charge in [-0.1, -0.05) is 0 Å². The number of aromatic nitrogens is 3. The van der Waals surface area contributed by atoms with Crippen LogP contribution in [0.1, 0.15) is 20.8 Å². The van der Waals surface area contributed by atoms with Gasteiger partial charge in [0.25, 0.3) is 0 Å². The maximum atomic E-state index is 9.01. The van der Waals surface area contributed by atoms with Crippen LogP contribution < -0.4 is 15.4 Å². The summed E-state index contributed by atoms with van der Waals surface area (Å²) in [4.78, 5) is 13.9. The lowest BCUT2D eigenvalue weighted by molar-refractivity contribution is 0.295. The van der Waals surface area contributed by atoms with Crippen molar-refractivity contribution in [3.05, 3.63) is 0 Å². The third-order valence-corrected chi connectivity index (χ3v) is 2.11. The Morgan fingerprint density at radius 3 is 2.59 bits per heavy atom. The molecular weight excluding hydrogens is 222 g/mol. The summed E-state index contributed by atoms with van der Waals surface area (Å²) >= 11 is 0. The zero-order chi connectivity index (χ0) is 12.8. The molecule has 0 aliphatic carbocycles. The molecule has 17 heavy (non-hydrogen) atoms. The second-order valence-electron chi connectivity index (χ2n) is 3.72. The SMILES string of the molecule is CCOc1nc(N)nc(N(CCO)C(C)C)n1. The van der Waals surface area contributed by atoms with Gasteiger partial charge in [-0.15, -0.1) is 0 Å².